The number of ketones is 1. The molecule has 0 aliphatic rings. The van der Waals surface area contributed by atoms with Crippen molar-refractivity contribution < 1.29 is 9.53 Å². The van der Waals surface area contributed by atoms with Crippen molar-refractivity contribution in [2.45, 2.75) is 46.3 Å². The summed E-state index contributed by atoms with van der Waals surface area (Å²) in [5.41, 5.74) is 0. The van der Waals surface area contributed by atoms with Gasteiger partial charge in [-0.25, -0.2) is 0 Å². The number of rotatable bonds is 7. The summed E-state index contributed by atoms with van der Waals surface area (Å²) in [5.74, 6) is 0.289. The lowest BCUT2D eigenvalue weighted by atomic mass is 10.1. The third-order valence-corrected chi connectivity index (χ3v) is 2.37. The molecule has 3 heteroatoms. The van der Waals surface area contributed by atoms with Gasteiger partial charge in [-0.15, -0.1) is 0 Å². The number of likely N-dealkylation sites (N-methyl/N-ethyl adjacent to an activating group) is 1. The van der Waals surface area contributed by atoms with Gasteiger partial charge in [-0.2, -0.15) is 0 Å². The highest BCUT2D eigenvalue weighted by atomic mass is 16.5. The van der Waals surface area contributed by atoms with Gasteiger partial charge in [-0.1, -0.05) is 6.92 Å². The van der Waals surface area contributed by atoms with Crippen molar-refractivity contribution in [2.24, 2.45) is 0 Å². The van der Waals surface area contributed by atoms with E-state index in [9.17, 15) is 4.79 Å². The van der Waals surface area contributed by atoms with Crippen molar-refractivity contribution in [1.29, 1.82) is 0 Å². The maximum absolute atomic E-state index is 11.4. The molecule has 0 bridgehead atoms. The van der Waals surface area contributed by atoms with Crippen LogP contribution in [-0.4, -0.2) is 43.0 Å². The van der Waals surface area contributed by atoms with Gasteiger partial charge in [0.15, 0.2) is 0 Å². The van der Waals surface area contributed by atoms with Crippen LogP contribution >= 0.6 is 0 Å². The fourth-order valence-corrected chi connectivity index (χ4v) is 1.17. The second-order valence-electron chi connectivity index (χ2n) is 3.90. The summed E-state index contributed by atoms with van der Waals surface area (Å²) in [5, 5.41) is 0. The maximum Gasteiger partial charge on any atom is 0.149 e. The van der Waals surface area contributed by atoms with Gasteiger partial charge in [0.25, 0.3) is 0 Å². The molecule has 0 aliphatic heterocycles. The van der Waals surface area contributed by atoms with Crippen LogP contribution < -0.4 is 0 Å². The van der Waals surface area contributed by atoms with E-state index < -0.39 is 0 Å². The van der Waals surface area contributed by atoms with Crippen LogP contribution in [0.5, 0.6) is 0 Å². The number of nitrogens with zero attached hydrogens (tertiary/aromatic N) is 1. The Labute approximate surface area is 87.4 Å². The molecule has 0 fully saturated rings. The van der Waals surface area contributed by atoms with E-state index in [1.54, 1.807) is 0 Å². The highest BCUT2D eigenvalue weighted by molar-refractivity contribution is 5.83. The highest BCUT2D eigenvalue weighted by Crippen LogP contribution is 2.00. The van der Waals surface area contributed by atoms with E-state index in [1.807, 2.05) is 39.6 Å². The van der Waals surface area contributed by atoms with Crippen LogP contribution in [-0.2, 0) is 9.53 Å². The van der Waals surface area contributed by atoms with Crippen molar-refractivity contribution in [2.75, 3.05) is 20.2 Å². The van der Waals surface area contributed by atoms with Crippen molar-refractivity contribution >= 4 is 5.78 Å². The summed E-state index contributed by atoms with van der Waals surface area (Å²) in [6.45, 7) is 9.38. The van der Waals surface area contributed by atoms with Gasteiger partial charge in [-0.3, -0.25) is 9.69 Å². The Morgan fingerprint density at radius 1 is 1.36 bits per heavy atom. The van der Waals surface area contributed by atoms with E-state index in [2.05, 4.69) is 0 Å². The van der Waals surface area contributed by atoms with Crippen molar-refractivity contribution in [1.82, 2.24) is 4.90 Å². The Bertz CT molecular complexity index is 169. The standard InChI is InChI=1S/C11H23NO2/c1-6-11(13)10(4)12(5)7-8-14-9(2)3/h9-10H,6-8H2,1-5H3. The zero-order valence-electron chi connectivity index (χ0n) is 10.0. The minimum Gasteiger partial charge on any atom is -0.377 e. The minimum atomic E-state index is 0.00997. The molecule has 0 amide bonds. The number of hydrogen-bond acceptors (Lipinski definition) is 3. The Morgan fingerprint density at radius 3 is 2.36 bits per heavy atom. The number of hydrogen-bond donors (Lipinski definition) is 0. The second-order valence-corrected chi connectivity index (χ2v) is 3.90. The van der Waals surface area contributed by atoms with Gasteiger partial charge in [0.05, 0.1) is 18.8 Å². The fourth-order valence-electron chi connectivity index (χ4n) is 1.17. The molecule has 84 valence electrons. The van der Waals surface area contributed by atoms with Crippen LogP contribution in [0.3, 0.4) is 0 Å². The first-order valence-corrected chi connectivity index (χ1v) is 5.33. The molecule has 0 aromatic carbocycles. The number of Topliss-reactive ketones (excluding diaryl/α,β-unsaturated/α-hetero) is 1. The molecule has 1 atom stereocenters. The minimum absolute atomic E-state index is 0.00997. The molecule has 0 radical (unpaired) electrons. The summed E-state index contributed by atoms with van der Waals surface area (Å²) in [6.07, 6.45) is 0.872. The summed E-state index contributed by atoms with van der Waals surface area (Å²) < 4.78 is 5.42. The van der Waals surface area contributed by atoms with Crippen LogP contribution in [0.2, 0.25) is 0 Å². The smallest absolute Gasteiger partial charge is 0.149 e. The molecule has 0 rings (SSSR count). The molecule has 0 heterocycles. The molecule has 0 saturated carbocycles. The molecule has 1 unspecified atom stereocenters. The Morgan fingerprint density at radius 2 is 1.93 bits per heavy atom. The van der Waals surface area contributed by atoms with Gasteiger partial charge in [-0.05, 0) is 27.8 Å². The van der Waals surface area contributed by atoms with Gasteiger partial charge < -0.3 is 4.74 Å². The Balaban J connectivity index is 3.72. The van der Waals surface area contributed by atoms with Crippen LogP contribution in [0.15, 0.2) is 0 Å². The normalized spacial score (nSPS) is 13.6. The van der Waals surface area contributed by atoms with Crippen LogP contribution in [0.4, 0.5) is 0 Å². The van der Waals surface area contributed by atoms with Crippen LogP contribution in [0, 0.1) is 0 Å². The Hall–Kier alpha value is -0.410. The summed E-state index contributed by atoms with van der Waals surface area (Å²) in [7, 11) is 1.96. The van der Waals surface area contributed by atoms with Crippen LogP contribution in [0.25, 0.3) is 0 Å². The summed E-state index contributed by atoms with van der Waals surface area (Å²) in [6, 6.07) is 0.00997. The maximum atomic E-state index is 11.4. The fraction of sp³-hybridized carbons (Fsp3) is 0.909. The first-order valence-electron chi connectivity index (χ1n) is 5.33. The molecule has 0 aromatic heterocycles. The van der Waals surface area contributed by atoms with Crippen molar-refractivity contribution in [3.63, 3.8) is 0 Å². The summed E-state index contributed by atoms with van der Waals surface area (Å²) in [4.78, 5) is 13.4. The zero-order valence-corrected chi connectivity index (χ0v) is 10.0. The SMILES string of the molecule is CCC(=O)C(C)N(C)CCOC(C)C. The molecule has 0 saturated heterocycles. The van der Waals surface area contributed by atoms with E-state index in [0.717, 1.165) is 6.54 Å². The average Bonchev–Trinajstić information content (AvgIpc) is 2.14. The molecule has 0 aromatic rings. The summed E-state index contributed by atoms with van der Waals surface area (Å²) >= 11 is 0. The molecular formula is C11H23NO2. The zero-order chi connectivity index (χ0) is 11.1. The molecule has 0 aliphatic carbocycles. The van der Waals surface area contributed by atoms with Crippen molar-refractivity contribution in [3.05, 3.63) is 0 Å². The lowest BCUT2D eigenvalue weighted by Crippen LogP contribution is -2.38. The molecule has 3 nitrogen and oxygen atoms in total. The molecule has 0 spiro atoms. The lowest BCUT2D eigenvalue weighted by molar-refractivity contribution is -0.123. The predicted octanol–water partition coefficient (Wildman–Crippen LogP) is 1.71. The van der Waals surface area contributed by atoms with Gasteiger partial charge in [0, 0.05) is 13.0 Å². The van der Waals surface area contributed by atoms with E-state index in [0.29, 0.717) is 13.0 Å². The van der Waals surface area contributed by atoms with E-state index in [1.165, 1.54) is 0 Å². The molecular weight excluding hydrogens is 178 g/mol. The third kappa shape index (κ3) is 5.35. The third-order valence-electron chi connectivity index (χ3n) is 2.37. The van der Waals surface area contributed by atoms with E-state index in [4.69, 9.17) is 4.74 Å². The molecule has 14 heavy (non-hydrogen) atoms. The predicted molar refractivity (Wildman–Crippen MR) is 58.5 cm³/mol. The quantitative estimate of drug-likeness (QED) is 0.628. The average molecular weight is 201 g/mol. The topological polar surface area (TPSA) is 29.5 Å². The second kappa shape index (κ2) is 6.96. The first-order chi connectivity index (χ1) is 6.49. The van der Waals surface area contributed by atoms with Crippen molar-refractivity contribution in [3.8, 4) is 0 Å². The van der Waals surface area contributed by atoms with Gasteiger partial charge in [0.2, 0.25) is 0 Å². The monoisotopic (exact) mass is 201 g/mol. The van der Waals surface area contributed by atoms with Gasteiger partial charge in [0.1, 0.15) is 5.78 Å². The largest absolute Gasteiger partial charge is 0.377 e. The molecule has 0 N–H and O–H groups in total. The number of carbonyl (C=O) groups excluding carboxylic acids is 1. The van der Waals surface area contributed by atoms with Gasteiger partial charge >= 0.3 is 0 Å². The number of ether oxygens (including phenoxy) is 1. The van der Waals surface area contributed by atoms with Crippen LogP contribution in [0.1, 0.15) is 34.1 Å². The highest BCUT2D eigenvalue weighted by Gasteiger charge is 2.15. The number of carbonyl (C=O) groups is 1. The lowest BCUT2D eigenvalue weighted by Gasteiger charge is -2.23. The first kappa shape index (κ1) is 13.6. The Kier molecular flexibility index (Phi) is 6.75. The van der Waals surface area contributed by atoms with E-state index in [-0.39, 0.29) is 17.9 Å². The van der Waals surface area contributed by atoms with E-state index >= 15 is 0 Å².